The summed E-state index contributed by atoms with van der Waals surface area (Å²) < 4.78 is 46.2. The first-order valence-corrected chi connectivity index (χ1v) is 13.6. The quantitative estimate of drug-likeness (QED) is 0.191. The number of carbonyl (C=O) groups is 2. The van der Waals surface area contributed by atoms with Gasteiger partial charge in [0.1, 0.15) is 22.8 Å². The Kier molecular flexibility index (Phi) is 8.48. The summed E-state index contributed by atoms with van der Waals surface area (Å²) in [4.78, 5) is 43.4. The number of aromatic nitrogens is 2. The van der Waals surface area contributed by atoms with Gasteiger partial charge in [-0.15, -0.1) is 0 Å². The number of carboxylic acid groups (broad SMARTS) is 1. The zero-order chi connectivity index (χ0) is 32.4. The van der Waals surface area contributed by atoms with Crippen LogP contribution >= 0.6 is 0 Å². The van der Waals surface area contributed by atoms with E-state index in [1.54, 1.807) is 32.0 Å². The number of rotatable bonds is 9. The molecular formula is C33H27F2N3O7. The molecule has 5 rings (SSSR count). The summed E-state index contributed by atoms with van der Waals surface area (Å²) in [6.45, 7) is 3.41. The van der Waals surface area contributed by atoms with E-state index in [4.69, 9.17) is 14.2 Å². The van der Waals surface area contributed by atoms with E-state index in [9.17, 15) is 23.9 Å². The van der Waals surface area contributed by atoms with Gasteiger partial charge < -0.3 is 24.6 Å². The lowest BCUT2D eigenvalue weighted by atomic mass is 9.98. The topological polar surface area (TPSA) is 129 Å². The normalized spacial score (nSPS) is 11.0. The maximum atomic E-state index is 15.3. The van der Waals surface area contributed by atoms with E-state index in [2.05, 4.69) is 10.3 Å². The number of fused-ring (bicyclic) bond motifs is 1. The molecule has 0 aliphatic rings. The molecule has 0 saturated heterocycles. The van der Waals surface area contributed by atoms with E-state index >= 15 is 4.39 Å². The lowest BCUT2D eigenvalue weighted by Gasteiger charge is -2.18. The van der Waals surface area contributed by atoms with Gasteiger partial charge in [0.2, 0.25) is 0 Å². The molecule has 45 heavy (non-hydrogen) atoms. The number of amides is 1. The molecule has 0 aliphatic heterocycles. The van der Waals surface area contributed by atoms with Gasteiger partial charge in [-0.3, -0.25) is 19.1 Å². The average molecular weight is 616 g/mol. The smallest absolute Gasteiger partial charge is 0.353 e. The van der Waals surface area contributed by atoms with Crippen molar-refractivity contribution in [2.24, 2.45) is 0 Å². The van der Waals surface area contributed by atoms with Crippen LogP contribution in [0, 0.1) is 11.6 Å². The second kappa shape index (κ2) is 12.4. The highest BCUT2D eigenvalue weighted by Crippen LogP contribution is 2.37. The highest BCUT2D eigenvalue weighted by molar-refractivity contribution is 6.05. The minimum atomic E-state index is -1.40. The molecular weight excluding hydrogens is 588 g/mol. The molecule has 0 bridgehead atoms. The number of hydrogen-bond donors (Lipinski definition) is 2. The van der Waals surface area contributed by atoms with Crippen LogP contribution in [0.5, 0.6) is 23.0 Å². The van der Waals surface area contributed by atoms with Crippen molar-refractivity contribution in [1.29, 1.82) is 0 Å². The summed E-state index contributed by atoms with van der Waals surface area (Å²) in [6.07, 6.45) is 1.50. The van der Waals surface area contributed by atoms with Crippen molar-refractivity contribution in [3.8, 4) is 28.7 Å². The van der Waals surface area contributed by atoms with E-state index in [1.807, 2.05) is 0 Å². The van der Waals surface area contributed by atoms with Crippen molar-refractivity contribution in [3.63, 3.8) is 0 Å². The van der Waals surface area contributed by atoms with Gasteiger partial charge in [-0.05, 0) is 66.1 Å². The fourth-order valence-electron chi connectivity index (χ4n) is 4.81. The summed E-state index contributed by atoms with van der Waals surface area (Å²) >= 11 is 0. The Morgan fingerprint density at radius 2 is 1.58 bits per heavy atom. The monoisotopic (exact) mass is 615 g/mol. The van der Waals surface area contributed by atoms with Gasteiger partial charge in [0, 0.05) is 35.1 Å². The third kappa shape index (κ3) is 6.03. The molecule has 1 amide bonds. The first-order valence-electron chi connectivity index (χ1n) is 13.6. The largest absolute Gasteiger partial charge is 0.493 e. The fraction of sp³-hybridized carbons (Fsp3) is 0.152. The molecule has 2 N–H and O–H groups in total. The molecule has 230 valence electrons. The Morgan fingerprint density at radius 3 is 2.20 bits per heavy atom. The SMILES string of the molecule is COc1cc2nccc(Oc3ccc(NC(=O)c4cc(C(C)C)c(C(=O)O)n(-c5ccc(F)cc5)c4=O)cc3F)c2cc1OC. The summed E-state index contributed by atoms with van der Waals surface area (Å²) in [7, 11) is 2.98. The zero-order valence-electron chi connectivity index (χ0n) is 24.6. The van der Waals surface area contributed by atoms with E-state index in [1.165, 1.54) is 50.7 Å². The molecule has 10 nitrogen and oxygen atoms in total. The average Bonchev–Trinajstić information content (AvgIpc) is 3.01. The summed E-state index contributed by atoms with van der Waals surface area (Å²) in [5, 5.41) is 13.0. The molecule has 0 radical (unpaired) electrons. The molecule has 2 heterocycles. The third-order valence-corrected chi connectivity index (χ3v) is 7.00. The number of nitrogens with one attached hydrogen (secondary N) is 1. The number of hydrogen-bond acceptors (Lipinski definition) is 7. The first-order chi connectivity index (χ1) is 21.5. The summed E-state index contributed by atoms with van der Waals surface area (Å²) in [5.41, 5.74) is -0.898. The zero-order valence-corrected chi connectivity index (χ0v) is 24.6. The maximum absolute atomic E-state index is 15.3. The van der Waals surface area contributed by atoms with Gasteiger partial charge in [0.25, 0.3) is 11.5 Å². The number of nitrogens with zero attached hydrogens (tertiary/aromatic N) is 2. The summed E-state index contributed by atoms with van der Waals surface area (Å²) in [6, 6.07) is 14.4. The molecule has 0 saturated carbocycles. The second-order valence-electron chi connectivity index (χ2n) is 10.2. The number of anilines is 1. The van der Waals surface area contributed by atoms with Crippen molar-refractivity contribution >= 4 is 28.5 Å². The number of carboxylic acids is 1. The van der Waals surface area contributed by atoms with Gasteiger partial charge in [-0.25, -0.2) is 13.6 Å². The standard InChI is InChI=1S/C33H27F2N3O7/c1-17(2)21-14-23(32(40)38(30(21)33(41)42)20-8-5-18(34)6-9-20)31(39)37-19-7-10-27(24(35)13-19)45-26-11-12-36-25-16-29(44-4)28(43-3)15-22(25)26/h5-17H,1-4H3,(H,37,39)(H,41,42). The molecule has 3 aromatic carbocycles. The predicted molar refractivity (Wildman–Crippen MR) is 162 cm³/mol. The van der Waals surface area contributed by atoms with Crippen LogP contribution in [0.4, 0.5) is 14.5 Å². The molecule has 0 aliphatic carbocycles. The Labute approximate surface area is 255 Å². The van der Waals surface area contributed by atoms with Crippen LogP contribution < -0.4 is 25.1 Å². The fourth-order valence-corrected chi connectivity index (χ4v) is 4.81. The molecule has 0 spiro atoms. The van der Waals surface area contributed by atoms with Gasteiger partial charge >= 0.3 is 5.97 Å². The van der Waals surface area contributed by atoms with Crippen LogP contribution in [0.1, 0.15) is 46.2 Å². The minimum absolute atomic E-state index is 0.0111. The van der Waals surface area contributed by atoms with Gasteiger partial charge in [0.05, 0.1) is 19.7 Å². The van der Waals surface area contributed by atoms with E-state index in [-0.39, 0.29) is 39.7 Å². The van der Waals surface area contributed by atoms with Crippen molar-refractivity contribution < 1.29 is 37.7 Å². The number of aromatic carboxylic acids is 1. The van der Waals surface area contributed by atoms with E-state index in [0.717, 1.165) is 22.8 Å². The number of ether oxygens (including phenoxy) is 3. The van der Waals surface area contributed by atoms with Gasteiger partial charge in [-0.1, -0.05) is 13.8 Å². The Balaban J connectivity index is 1.48. The number of benzene rings is 3. The molecule has 5 aromatic rings. The van der Waals surface area contributed by atoms with E-state index in [0.29, 0.717) is 22.4 Å². The van der Waals surface area contributed by atoms with Gasteiger partial charge in [-0.2, -0.15) is 0 Å². The summed E-state index contributed by atoms with van der Waals surface area (Å²) in [5.74, 6) is -3.08. The predicted octanol–water partition coefficient (Wildman–Crippen LogP) is 6.55. The van der Waals surface area contributed by atoms with Crippen LogP contribution in [0.25, 0.3) is 16.6 Å². The van der Waals surface area contributed by atoms with Crippen LogP contribution in [0.15, 0.2) is 77.7 Å². The van der Waals surface area contributed by atoms with Crippen molar-refractivity contribution in [3.05, 3.63) is 112 Å². The molecule has 2 aromatic heterocycles. The number of carbonyl (C=O) groups excluding carboxylic acids is 1. The molecule has 12 heteroatoms. The third-order valence-electron chi connectivity index (χ3n) is 7.00. The van der Waals surface area contributed by atoms with Gasteiger partial charge in [0.15, 0.2) is 23.1 Å². The molecule has 0 unspecified atom stereocenters. The first kappa shape index (κ1) is 30.7. The lowest BCUT2D eigenvalue weighted by molar-refractivity contribution is 0.0684. The van der Waals surface area contributed by atoms with Crippen molar-refractivity contribution in [2.75, 3.05) is 19.5 Å². The molecule has 0 atom stereocenters. The maximum Gasteiger partial charge on any atom is 0.353 e. The van der Waals surface area contributed by atoms with Crippen LogP contribution in [-0.2, 0) is 0 Å². The highest BCUT2D eigenvalue weighted by Gasteiger charge is 2.26. The second-order valence-corrected chi connectivity index (χ2v) is 10.2. The van der Waals surface area contributed by atoms with Crippen LogP contribution in [0.3, 0.4) is 0 Å². The van der Waals surface area contributed by atoms with Crippen LogP contribution in [-0.4, -0.2) is 40.8 Å². The number of methoxy groups -OCH3 is 2. The number of pyridine rings is 2. The highest BCUT2D eigenvalue weighted by atomic mass is 19.1. The Hall–Kier alpha value is -5.78. The lowest BCUT2D eigenvalue weighted by Crippen LogP contribution is -2.33. The molecule has 0 fully saturated rings. The minimum Gasteiger partial charge on any atom is -0.493 e. The Morgan fingerprint density at radius 1 is 0.889 bits per heavy atom. The van der Waals surface area contributed by atoms with E-state index < -0.39 is 35.0 Å². The van der Waals surface area contributed by atoms with Crippen molar-refractivity contribution in [2.45, 2.75) is 19.8 Å². The van der Waals surface area contributed by atoms with Crippen molar-refractivity contribution in [1.82, 2.24) is 9.55 Å². The van der Waals surface area contributed by atoms with Crippen LogP contribution in [0.2, 0.25) is 0 Å². The number of halogens is 2. The Bertz CT molecular complexity index is 2010.